The van der Waals surface area contributed by atoms with E-state index in [-0.39, 0.29) is 75.1 Å². The molecule has 1 fully saturated rings. The van der Waals surface area contributed by atoms with E-state index in [9.17, 15) is 28.8 Å². The lowest BCUT2D eigenvalue weighted by molar-refractivity contribution is -0.136. The number of nitrogens with one attached hydrogen (secondary N) is 4. The quantitative estimate of drug-likeness (QED) is 0.0905. The summed E-state index contributed by atoms with van der Waals surface area (Å²) in [7, 11) is 1.51. The fourth-order valence-electron chi connectivity index (χ4n) is 7.58. The number of ether oxygens (including phenoxy) is 3. The number of hydrogen-bond acceptors (Lipinski definition) is 11. The Hall–Kier alpha value is -7.39. The summed E-state index contributed by atoms with van der Waals surface area (Å²) in [5.74, 6) is -2.09. The van der Waals surface area contributed by atoms with Gasteiger partial charge in [-0.25, -0.2) is 4.98 Å². The molecule has 4 aromatic carbocycles. The number of nitrogens with zero attached hydrogens (tertiary/aromatic N) is 2. The zero-order valence-corrected chi connectivity index (χ0v) is 32.5. The van der Waals surface area contributed by atoms with Crippen LogP contribution in [0.5, 0.6) is 11.5 Å². The first-order valence-electron chi connectivity index (χ1n) is 19.4. The van der Waals surface area contributed by atoms with Gasteiger partial charge in [0.25, 0.3) is 17.7 Å². The zero-order chi connectivity index (χ0) is 41.8. The van der Waals surface area contributed by atoms with Crippen LogP contribution in [-0.2, 0) is 30.3 Å². The van der Waals surface area contributed by atoms with Crippen molar-refractivity contribution in [1.29, 1.82) is 0 Å². The molecular formula is C45H40N6O9. The second kappa shape index (κ2) is 17.2. The number of fused-ring (bicyclic) bond motifs is 4. The first kappa shape index (κ1) is 39.4. The zero-order valence-electron chi connectivity index (χ0n) is 32.5. The third-order valence-electron chi connectivity index (χ3n) is 10.4. The Morgan fingerprint density at radius 2 is 1.57 bits per heavy atom. The normalized spacial score (nSPS) is 15.6. The molecular weight excluding hydrogens is 769 g/mol. The number of carbonyl (C=O) groups is 6. The van der Waals surface area contributed by atoms with Crippen LogP contribution in [-0.4, -0.2) is 91.4 Å². The van der Waals surface area contributed by atoms with E-state index in [0.29, 0.717) is 28.6 Å². The number of rotatable bonds is 14. The summed E-state index contributed by atoms with van der Waals surface area (Å²) in [5.41, 5.74) is 6.90. The maximum atomic E-state index is 13.3. The molecule has 0 aliphatic carbocycles. The van der Waals surface area contributed by atoms with Gasteiger partial charge in [0, 0.05) is 36.3 Å². The summed E-state index contributed by atoms with van der Waals surface area (Å²) < 4.78 is 17.3. The van der Waals surface area contributed by atoms with Gasteiger partial charge < -0.3 is 30.2 Å². The van der Waals surface area contributed by atoms with Crippen molar-refractivity contribution >= 4 is 46.8 Å². The second-order valence-electron chi connectivity index (χ2n) is 14.2. The van der Waals surface area contributed by atoms with Crippen molar-refractivity contribution in [3.8, 4) is 45.1 Å². The van der Waals surface area contributed by atoms with Crippen LogP contribution >= 0.6 is 0 Å². The van der Waals surface area contributed by atoms with Crippen LogP contribution in [0, 0.1) is 0 Å². The lowest BCUT2D eigenvalue weighted by Gasteiger charge is -2.27. The lowest BCUT2D eigenvalue weighted by Crippen LogP contribution is -2.54. The molecule has 1 atom stereocenters. The molecule has 0 radical (unpaired) electrons. The summed E-state index contributed by atoms with van der Waals surface area (Å²) in [6.07, 6.45) is 0.205. The monoisotopic (exact) mass is 808 g/mol. The molecule has 5 aromatic rings. The number of imide groups is 2. The Kier molecular flexibility index (Phi) is 11.3. The Balaban J connectivity index is 0.875. The van der Waals surface area contributed by atoms with E-state index < -0.39 is 29.7 Å². The number of hydrogen-bond donors (Lipinski definition) is 4. The maximum absolute atomic E-state index is 13.3. The molecule has 8 rings (SSSR count). The highest BCUT2D eigenvalue weighted by atomic mass is 16.5. The first-order valence-corrected chi connectivity index (χ1v) is 19.4. The molecule has 1 unspecified atom stereocenters. The minimum Gasteiger partial charge on any atom is -0.493 e. The molecule has 0 bridgehead atoms. The average Bonchev–Trinajstić information content (AvgIpc) is 3.41. The van der Waals surface area contributed by atoms with E-state index in [2.05, 4.69) is 21.3 Å². The molecule has 1 aromatic heterocycles. The average molecular weight is 809 g/mol. The van der Waals surface area contributed by atoms with Crippen molar-refractivity contribution in [3.05, 3.63) is 114 Å². The molecule has 60 heavy (non-hydrogen) atoms. The summed E-state index contributed by atoms with van der Waals surface area (Å²) >= 11 is 0. The maximum Gasteiger partial charge on any atom is 0.264 e. The van der Waals surface area contributed by atoms with Crippen molar-refractivity contribution < 1.29 is 43.0 Å². The van der Waals surface area contributed by atoms with Gasteiger partial charge in [0.15, 0.2) is 18.1 Å². The van der Waals surface area contributed by atoms with Crippen molar-refractivity contribution in [2.75, 3.05) is 50.7 Å². The SMILES string of the molecule is COc1ccc(-c2cc(-c3ccccc3)nc3c2CC(=O)Nc2ccccc2-3)cc1OCC(=O)NCCOCCNc1cccc2c1C(=O)N(C1CCC(=O)NC1=O)C2=O. The fourth-order valence-corrected chi connectivity index (χ4v) is 7.58. The van der Waals surface area contributed by atoms with Gasteiger partial charge in [-0.2, -0.15) is 0 Å². The van der Waals surface area contributed by atoms with E-state index in [1.807, 2.05) is 66.7 Å². The highest BCUT2D eigenvalue weighted by molar-refractivity contribution is 6.25. The Morgan fingerprint density at radius 3 is 2.38 bits per heavy atom. The highest BCUT2D eigenvalue weighted by Gasteiger charge is 2.45. The number of methoxy groups -OCH3 is 1. The topological polar surface area (TPSA) is 194 Å². The molecule has 3 aliphatic heterocycles. The summed E-state index contributed by atoms with van der Waals surface area (Å²) in [4.78, 5) is 82.5. The van der Waals surface area contributed by atoms with Crippen LogP contribution in [0.15, 0.2) is 97.1 Å². The Bertz CT molecular complexity index is 2540. The van der Waals surface area contributed by atoms with Crippen molar-refractivity contribution in [2.24, 2.45) is 0 Å². The van der Waals surface area contributed by atoms with Gasteiger partial charge in [-0.3, -0.25) is 39.0 Å². The molecule has 4 heterocycles. The minimum absolute atomic E-state index is 0.0346. The number of benzene rings is 4. The largest absolute Gasteiger partial charge is 0.493 e. The number of para-hydroxylation sites is 1. The van der Waals surface area contributed by atoms with E-state index in [1.165, 1.54) is 13.2 Å². The molecule has 1 saturated heterocycles. The van der Waals surface area contributed by atoms with Gasteiger partial charge in [0.1, 0.15) is 6.04 Å². The lowest BCUT2D eigenvalue weighted by atomic mass is 9.92. The van der Waals surface area contributed by atoms with Crippen LogP contribution in [0.4, 0.5) is 11.4 Å². The number of anilines is 2. The molecule has 15 nitrogen and oxygen atoms in total. The van der Waals surface area contributed by atoms with Gasteiger partial charge in [-0.1, -0.05) is 60.7 Å². The smallest absolute Gasteiger partial charge is 0.264 e. The summed E-state index contributed by atoms with van der Waals surface area (Å²) in [6.45, 7) is 0.587. The third kappa shape index (κ3) is 8.02. The number of pyridine rings is 1. The van der Waals surface area contributed by atoms with E-state index in [4.69, 9.17) is 19.2 Å². The molecule has 0 saturated carbocycles. The molecule has 304 valence electrons. The van der Waals surface area contributed by atoms with Crippen LogP contribution in [0.25, 0.3) is 33.6 Å². The molecule has 3 aliphatic rings. The van der Waals surface area contributed by atoms with E-state index >= 15 is 0 Å². The Labute approximate surface area is 344 Å². The minimum atomic E-state index is -1.06. The number of aromatic nitrogens is 1. The van der Waals surface area contributed by atoms with Crippen LogP contribution in [0.2, 0.25) is 0 Å². The van der Waals surface area contributed by atoms with Crippen LogP contribution < -0.4 is 30.7 Å². The second-order valence-corrected chi connectivity index (χ2v) is 14.2. The first-order chi connectivity index (χ1) is 29.2. The summed E-state index contributed by atoms with van der Waals surface area (Å²) in [6, 6.07) is 28.6. The van der Waals surface area contributed by atoms with Gasteiger partial charge in [0.05, 0.1) is 54.9 Å². The molecule has 4 N–H and O–H groups in total. The van der Waals surface area contributed by atoms with Crippen molar-refractivity contribution in [2.45, 2.75) is 25.3 Å². The van der Waals surface area contributed by atoms with Crippen molar-refractivity contribution in [3.63, 3.8) is 0 Å². The molecule has 6 amide bonds. The van der Waals surface area contributed by atoms with E-state index in [1.54, 1.807) is 24.3 Å². The number of piperidine rings is 1. The predicted octanol–water partition coefficient (Wildman–Crippen LogP) is 4.61. The standard InChI is InChI=1S/C45H40N6O9/c1-58-36-16-14-27(30-23-34(26-8-3-2-4-9-26)49-42-28-10-5-6-12-32(28)48-39(53)24-31(30)42)22-37(36)60-25-40(54)47-19-21-59-20-18-46-33-13-7-11-29-41(33)45(57)51(44(29)56)35-15-17-38(52)50-43(35)55/h2-14,16,22-23,35,46H,15,17-21,24-25H2,1H3,(H,47,54)(H,48,53)(H,50,52,55). The number of carbonyl (C=O) groups excluding carboxylic acids is 6. The van der Waals surface area contributed by atoms with Crippen LogP contribution in [0.1, 0.15) is 39.1 Å². The predicted molar refractivity (Wildman–Crippen MR) is 220 cm³/mol. The molecule has 0 spiro atoms. The van der Waals surface area contributed by atoms with Gasteiger partial charge in [-0.15, -0.1) is 0 Å². The highest BCUT2D eigenvalue weighted by Crippen LogP contribution is 2.42. The van der Waals surface area contributed by atoms with Gasteiger partial charge in [-0.05, 0) is 59.5 Å². The Morgan fingerprint density at radius 1 is 0.783 bits per heavy atom. The third-order valence-corrected chi connectivity index (χ3v) is 10.4. The van der Waals surface area contributed by atoms with Crippen LogP contribution in [0.3, 0.4) is 0 Å². The van der Waals surface area contributed by atoms with Gasteiger partial charge in [0.2, 0.25) is 17.7 Å². The molecule has 15 heteroatoms. The van der Waals surface area contributed by atoms with Crippen molar-refractivity contribution in [1.82, 2.24) is 20.5 Å². The van der Waals surface area contributed by atoms with Gasteiger partial charge >= 0.3 is 0 Å². The van der Waals surface area contributed by atoms with E-state index in [0.717, 1.165) is 38.4 Å². The number of amides is 6. The summed E-state index contributed by atoms with van der Waals surface area (Å²) in [5, 5.41) is 11.1. The fraction of sp³-hybridized carbons (Fsp3) is 0.222.